The van der Waals surface area contributed by atoms with Gasteiger partial charge in [0.2, 0.25) is 0 Å². The Morgan fingerprint density at radius 3 is 2.62 bits per heavy atom. The predicted molar refractivity (Wildman–Crippen MR) is 41.6 cm³/mol. The van der Waals surface area contributed by atoms with E-state index in [0.717, 1.165) is 0 Å². The summed E-state index contributed by atoms with van der Waals surface area (Å²) in [7, 11) is 0. The van der Waals surface area contributed by atoms with E-state index in [1.54, 1.807) is 0 Å². The lowest BCUT2D eigenvalue weighted by atomic mass is 10.7. The molecule has 0 heterocycles. The highest BCUT2D eigenvalue weighted by Gasteiger charge is 1.78. The lowest BCUT2D eigenvalue weighted by Gasteiger charge is -1.93. The Morgan fingerprint density at radius 2 is 2.25 bits per heavy atom. The molecule has 0 aliphatic heterocycles. The monoisotopic (exact) mass is 181 g/mol. The molecule has 8 heavy (non-hydrogen) atoms. The van der Waals surface area contributed by atoms with E-state index < -0.39 is 12.4 Å². The number of halogens is 3. The molecule has 0 amide bonds. The third-order valence-electron chi connectivity index (χ3n) is 0.336. The van der Waals surface area contributed by atoms with Gasteiger partial charge in [0.05, 0.1) is 0 Å². The number of rotatable bonds is 4. The van der Waals surface area contributed by atoms with Gasteiger partial charge < -0.3 is 5.31 Å². The molecule has 0 aromatic rings. The Balaban J connectivity index is 0. The molecule has 1 nitrogen and oxygen atoms in total. The summed E-state index contributed by atoms with van der Waals surface area (Å²) in [5.74, 6) is -1.32. The molecule has 0 spiro atoms. The minimum Gasteiger partial charge on any atom is -0.314 e. The van der Waals surface area contributed by atoms with Crippen molar-refractivity contribution in [1.82, 2.24) is 5.31 Å². The summed E-state index contributed by atoms with van der Waals surface area (Å²) >= 11 is 10.5. The summed E-state index contributed by atoms with van der Waals surface area (Å²) in [6.07, 6.45) is 0. The van der Waals surface area contributed by atoms with Crippen LogP contribution in [0.4, 0.5) is 0 Å². The molecular weight excluding hydrogens is 168 g/mol. The highest BCUT2D eigenvalue weighted by molar-refractivity contribution is 6.18. The summed E-state index contributed by atoms with van der Waals surface area (Å²) in [4.78, 5) is 0. The number of hydrogen-bond donors (Lipinski definition) is 1. The summed E-state index contributed by atoms with van der Waals surface area (Å²) in [5.41, 5.74) is 0. The van der Waals surface area contributed by atoms with Crippen LogP contribution in [0.25, 0.3) is 0 Å². The van der Waals surface area contributed by atoms with Crippen molar-refractivity contribution >= 4 is 35.6 Å². The van der Waals surface area contributed by atoms with E-state index in [0.29, 0.717) is 5.31 Å². The largest absolute Gasteiger partial charge is 0.314 e. The standard InChI is InChI=1S/C4H9Cl2N.ClH/c5-1-3-7-4-2-6;/h7H,1-4H2;1H/i1D,3D2;/hD. The van der Waals surface area contributed by atoms with Crippen LogP contribution >= 0.6 is 35.6 Å². The van der Waals surface area contributed by atoms with Gasteiger partial charge in [0.15, 0.2) is 0 Å². The van der Waals surface area contributed by atoms with Crippen molar-refractivity contribution in [3.63, 3.8) is 0 Å². The van der Waals surface area contributed by atoms with Crippen molar-refractivity contribution in [2.45, 2.75) is 0 Å². The molecule has 0 aromatic carbocycles. The van der Waals surface area contributed by atoms with Crippen LogP contribution in [0.1, 0.15) is 4.11 Å². The third kappa shape index (κ3) is 9.95. The average Bonchev–Trinajstić information content (AvgIpc) is 1.88. The quantitative estimate of drug-likeness (QED) is 0.650. The van der Waals surface area contributed by atoms with Crippen LogP contribution in [0.5, 0.6) is 0 Å². The molecule has 1 unspecified atom stereocenters. The van der Waals surface area contributed by atoms with Gasteiger partial charge in [-0.05, 0) is 0 Å². The fourth-order valence-corrected chi connectivity index (χ4v) is 0.295. The Labute approximate surface area is 71.8 Å². The van der Waals surface area contributed by atoms with E-state index >= 15 is 0 Å². The first-order valence-corrected chi connectivity index (χ1v) is 2.78. The van der Waals surface area contributed by atoms with E-state index in [1.807, 2.05) is 0 Å². The lowest BCUT2D eigenvalue weighted by molar-refractivity contribution is 0.770. The maximum absolute atomic E-state index is 7.12. The van der Waals surface area contributed by atoms with Crippen molar-refractivity contribution in [3.05, 3.63) is 0 Å². The number of nitrogens with one attached hydrogen (secondary N) is 1. The van der Waals surface area contributed by atoms with Crippen LogP contribution in [-0.2, 0) is 0 Å². The fourth-order valence-electron chi connectivity index (χ4n) is 0.141. The highest BCUT2D eigenvalue weighted by Crippen LogP contribution is 1.71. The molecule has 4 heteroatoms. The molecule has 52 valence electrons. The van der Waals surface area contributed by atoms with Gasteiger partial charge in [-0.25, -0.2) is 0 Å². The molecule has 0 aromatic heterocycles. The maximum atomic E-state index is 7.12. The molecule has 0 saturated heterocycles. The van der Waals surface area contributed by atoms with E-state index in [9.17, 15) is 0 Å². The normalized spacial score (nSPS) is 21.9. The Hall–Kier alpha value is 0.830. The summed E-state index contributed by atoms with van der Waals surface area (Å²) in [6.45, 7) is -2.09. The fraction of sp³-hybridized carbons (Fsp3) is 1.00. The van der Waals surface area contributed by atoms with Gasteiger partial charge in [-0.3, -0.25) is 0 Å². The molecule has 1 atom stereocenters. The van der Waals surface area contributed by atoms with Gasteiger partial charge in [-0.1, -0.05) is 0 Å². The average molecular weight is 183 g/mol. The van der Waals surface area contributed by atoms with E-state index in [4.69, 9.17) is 28.7 Å². The molecule has 1 N–H and O–H groups in total. The van der Waals surface area contributed by atoms with Gasteiger partial charge in [0.1, 0.15) is 1.41 Å². The second-order valence-electron chi connectivity index (χ2n) is 0.809. The zero-order chi connectivity index (χ0) is 9.07. The molecule has 0 aliphatic carbocycles. The Morgan fingerprint density at radius 1 is 1.62 bits per heavy atom. The minimum atomic E-state index is -2.14. The van der Waals surface area contributed by atoms with Crippen LogP contribution in [0.15, 0.2) is 0 Å². The third-order valence-corrected chi connectivity index (χ3v) is 0.603. The van der Waals surface area contributed by atoms with Crippen LogP contribution < -0.4 is 5.31 Å². The molecule has 0 saturated carbocycles. The topological polar surface area (TPSA) is 12.0 Å². The number of hydrogen-bond acceptors (Lipinski definition) is 1. The minimum absolute atomic E-state index is 0. The zero-order valence-corrected chi connectivity index (χ0v) is 6.43. The number of alkyl halides is 2. The van der Waals surface area contributed by atoms with E-state index in [1.165, 1.54) is 0 Å². The molecule has 0 radical (unpaired) electrons. The molecule has 0 aliphatic rings. The second kappa shape index (κ2) is 10.7. The van der Waals surface area contributed by atoms with Gasteiger partial charge in [-0.2, -0.15) is 0 Å². The zero-order valence-electron chi connectivity index (χ0n) is 8.10. The van der Waals surface area contributed by atoms with Crippen molar-refractivity contribution in [2.75, 3.05) is 24.8 Å². The molecule has 0 bridgehead atoms. The molecule has 0 fully saturated rings. The van der Waals surface area contributed by atoms with Gasteiger partial charge in [0, 0.05) is 28.9 Å². The van der Waals surface area contributed by atoms with Crippen molar-refractivity contribution in [1.29, 1.82) is 0 Å². The Bertz CT molecular complexity index is 123. The SMILES string of the molecule is Cl.[2H]C(Cl)C([2H])([2H])N([2H])CCCl. The second-order valence-corrected chi connectivity index (χ2v) is 1.41. The molecular formula is C4H10Cl3N. The van der Waals surface area contributed by atoms with Crippen LogP contribution in [0.2, 0.25) is 1.41 Å². The first kappa shape index (κ1) is 4.62. The van der Waals surface area contributed by atoms with E-state index in [2.05, 4.69) is 0 Å². The predicted octanol–water partition coefficient (Wildman–Crippen LogP) is 1.48. The summed E-state index contributed by atoms with van der Waals surface area (Å²) < 4.78 is 28.2. The van der Waals surface area contributed by atoms with Crippen molar-refractivity contribution < 1.29 is 5.52 Å². The van der Waals surface area contributed by atoms with Crippen molar-refractivity contribution in [2.24, 2.45) is 0 Å². The van der Waals surface area contributed by atoms with Crippen LogP contribution in [0, 0.1) is 0 Å². The summed E-state index contributed by atoms with van der Waals surface area (Å²) in [5, 5.41) is 0.574. The van der Waals surface area contributed by atoms with E-state index in [-0.39, 0.29) is 24.8 Å². The molecule has 0 rings (SSSR count). The summed E-state index contributed by atoms with van der Waals surface area (Å²) in [6, 6.07) is 0. The first-order valence-electron chi connectivity index (χ1n) is 3.84. The van der Waals surface area contributed by atoms with Crippen molar-refractivity contribution in [3.8, 4) is 0 Å². The van der Waals surface area contributed by atoms with Crippen LogP contribution in [-0.4, -0.2) is 24.8 Å². The first-order chi connectivity index (χ1) is 4.92. The lowest BCUT2D eigenvalue weighted by Crippen LogP contribution is -2.18. The van der Waals surface area contributed by atoms with Crippen LogP contribution in [0.3, 0.4) is 0 Å². The smallest absolute Gasteiger partial charge is 0.122 e. The van der Waals surface area contributed by atoms with Gasteiger partial charge in [0.25, 0.3) is 0 Å². The van der Waals surface area contributed by atoms with Gasteiger partial charge >= 0.3 is 0 Å². The highest BCUT2D eigenvalue weighted by atomic mass is 35.5. The van der Waals surface area contributed by atoms with Gasteiger partial charge in [-0.15, -0.1) is 35.6 Å². The maximum Gasteiger partial charge on any atom is 0.122 e. The Kier molecular flexibility index (Phi) is 6.20.